The van der Waals surface area contributed by atoms with Gasteiger partial charge in [-0.2, -0.15) is 0 Å². The van der Waals surface area contributed by atoms with Crippen LogP contribution in [0.4, 0.5) is 4.79 Å². The molecule has 3 rings (SSSR count). The summed E-state index contributed by atoms with van der Waals surface area (Å²) in [6.45, 7) is 4.79. The summed E-state index contributed by atoms with van der Waals surface area (Å²) in [5.74, 6) is -1.05. The van der Waals surface area contributed by atoms with Gasteiger partial charge in [0.25, 0.3) is 0 Å². The second-order valence-corrected chi connectivity index (χ2v) is 9.80. The number of hydrogen-bond acceptors (Lipinski definition) is 7. The first kappa shape index (κ1) is 28.8. The van der Waals surface area contributed by atoms with E-state index >= 15 is 0 Å². The predicted octanol–water partition coefficient (Wildman–Crippen LogP) is 3.78. The Morgan fingerprint density at radius 2 is 1.21 bits per heavy atom. The molecule has 3 aromatic rings. The minimum atomic E-state index is -1.93. The van der Waals surface area contributed by atoms with Gasteiger partial charge >= 0.3 is 12.1 Å². The molecule has 0 heterocycles. The fourth-order valence-corrected chi connectivity index (χ4v) is 4.15. The van der Waals surface area contributed by atoms with Crippen molar-refractivity contribution in [3.05, 3.63) is 108 Å². The average Bonchev–Trinajstić information content (AvgIpc) is 2.92. The first-order chi connectivity index (χ1) is 18.1. The largest absolute Gasteiger partial charge is 0.467 e. The molecule has 8 heteroatoms. The van der Waals surface area contributed by atoms with E-state index < -0.39 is 41.5 Å². The monoisotopic (exact) mass is 521 g/mol. The quantitative estimate of drug-likeness (QED) is 0.275. The Balaban J connectivity index is 2.08. The molecule has 0 aliphatic heterocycles. The summed E-state index contributed by atoms with van der Waals surface area (Å²) in [4.78, 5) is 24.7. The van der Waals surface area contributed by atoms with Gasteiger partial charge in [0, 0.05) is 0 Å². The van der Waals surface area contributed by atoms with E-state index in [4.69, 9.17) is 9.47 Å². The van der Waals surface area contributed by atoms with E-state index in [9.17, 15) is 19.8 Å². The Kier molecular flexibility index (Phi) is 9.63. The molecule has 3 aromatic carbocycles. The average molecular weight is 522 g/mol. The molecule has 202 valence electrons. The number of aliphatic hydroxyl groups is 2. The van der Waals surface area contributed by atoms with Crippen molar-refractivity contribution in [2.45, 2.75) is 50.2 Å². The summed E-state index contributed by atoms with van der Waals surface area (Å²) >= 11 is 0. The van der Waals surface area contributed by atoms with Crippen molar-refractivity contribution >= 4 is 12.1 Å². The first-order valence-corrected chi connectivity index (χ1v) is 12.3. The number of alkyl carbamates (subject to hydrolysis) is 1. The number of carbonyl (C=O) groups is 2. The molecule has 0 aromatic heterocycles. The van der Waals surface area contributed by atoms with Crippen LogP contribution in [0.25, 0.3) is 0 Å². The van der Waals surface area contributed by atoms with Crippen molar-refractivity contribution in [3.63, 3.8) is 0 Å². The lowest BCUT2D eigenvalue weighted by Gasteiger charge is -2.38. The fourth-order valence-electron chi connectivity index (χ4n) is 4.15. The van der Waals surface area contributed by atoms with Gasteiger partial charge in [-0.05, 0) is 37.5 Å². The number of hydrogen-bond donors (Lipinski definition) is 3. The minimum Gasteiger partial charge on any atom is -0.467 e. The lowest BCUT2D eigenvalue weighted by Crippen LogP contribution is -2.55. The summed E-state index contributed by atoms with van der Waals surface area (Å²) in [6, 6.07) is 27.4. The number of carbonyl (C=O) groups excluding carboxylic acids is 2. The van der Waals surface area contributed by atoms with E-state index in [1.165, 1.54) is 0 Å². The maximum absolute atomic E-state index is 12.7. The zero-order valence-corrected chi connectivity index (χ0v) is 22.0. The highest BCUT2D eigenvalue weighted by Crippen LogP contribution is 2.40. The van der Waals surface area contributed by atoms with E-state index in [-0.39, 0.29) is 6.61 Å². The summed E-state index contributed by atoms with van der Waals surface area (Å²) in [5.41, 5.74) is 0.431. The van der Waals surface area contributed by atoms with Crippen molar-refractivity contribution in [1.82, 2.24) is 5.32 Å². The van der Waals surface area contributed by atoms with E-state index in [0.717, 1.165) is 23.8 Å². The van der Waals surface area contributed by atoms with E-state index in [0.29, 0.717) is 0 Å². The Morgan fingerprint density at radius 3 is 1.58 bits per heavy atom. The highest BCUT2D eigenvalue weighted by atomic mass is 16.6. The molecule has 8 nitrogen and oxygen atoms in total. The molecular formula is C30H35NO7. The maximum atomic E-state index is 12.7. The van der Waals surface area contributed by atoms with Gasteiger partial charge in [-0.15, -0.1) is 0 Å². The Labute approximate surface area is 223 Å². The van der Waals surface area contributed by atoms with Gasteiger partial charge in [-0.1, -0.05) is 91.0 Å². The summed E-state index contributed by atoms with van der Waals surface area (Å²) in [5, 5.41) is 23.9. The van der Waals surface area contributed by atoms with Crippen LogP contribution in [0, 0.1) is 0 Å². The molecule has 0 saturated heterocycles. The fraction of sp³-hybridized carbons (Fsp3) is 0.333. The van der Waals surface area contributed by atoms with Crippen molar-refractivity contribution < 1.29 is 34.0 Å². The topological polar surface area (TPSA) is 114 Å². The van der Waals surface area contributed by atoms with Gasteiger partial charge < -0.3 is 29.7 Å². The molecule has 0 fully saturated rings. The SMILES string of the molecule is COC(=O)[C@@H](O)[C@H](O)[C@@H](COC(c1ccccc1)(c1ccccc1)c1ccccc1)NC(=O)OC(C)(C)C. The van der Waals surface area contributed by atoms with Crippen LogP contribution in [0.15, 0.2) is 91.0 Å². The third-order valence-corrected chi connectivity index (χ3v) is 5.90. The zero-order valence-electron chi connectivity index (χ0n) is 22.0. The number of ether oxygens (including phenoxy) is 3. The second-order valence-electron chi connectivity index (χ2n) is 9.80. The minimum absolute atomic E-state index is 0.298. The number of rotatable bonds is 10. The summed E-state index contributed by atoms with van der Waals surface area (Å²) in [6.07, 6.45) is -4.52. The summed E-state index contributed by atoms with van der Waals surface area (Å²) in [7, 11) is 1.09. The number of methoxy groups -OCH3 is 1. The Bertz CT molecular complexity index is 1070. The van der Waals surface area contributed by atoms with E-state index in [2.05, 4.69) is 10.1 Å². The molecule has 0 spiro atoms. The number of benzene rings is 3. The molecule has 0 unspecified atom stereocenters. The van der Waals surface area contributed by atoms with Crippen LogP contribution in [-0.4, -0.2) is 59.8 Å². The van der Waals surface area contributed by atoms with Crippen LogP contribution >= 0.6 is 0 Å². The van der Waals surface area contributed by atoms with Crippen LogP contribution in [0.3, 0.4) is 0 Å². The molecule has 0 bridgehead atoms. The van der Waals surface area contributed by atoms with Crippen molar-refractivity contribution in [2.24, 2.45) is 0 Å². The predicted molar refractivity (Wildman–Crippen MR) is 142 cm³/mol. The molecule has 0 radical (unpaired) electrons. The Morgan fingerprint density at radius 1 is 0.789 bits per heavy atom. The third-order valence-electron chi connectivity index (χ3n) is 5.90. The van der Waals surface area contributed by atoms with Crippen molar-refractivity contribution in [1.29, 1.82) is 0 Å². The van der Waals surface area contributed by atoms with Crippen LogP contribution in [-0.2, 0) is 24.6 Å². The Hall–Kier alpha value is -3.72. The number of aliphatic hydroxyl groups excluding tert-OH is 2. The molecule has 3 atom stereocenters. The second kappa shape index (κ2) is 12.7. The number of nitrogens with one attached hydrogen (secondary N) is 1. The van der Waals surface area contributed by atoms with Crippen LogP contribution in [0.1, 0.15) is 37.5 Å². The summed E-state index contributed by atoms with van der Waals surface area (Å²) < 4.78 is 16.6. The highest BCUT2D eigenvalue weighted by Gasteiger charge is 2.41. The normalized spacial score (nSPS) is 14.2. The number of amides is 1. The number of esters is 1. The van der Waals surface area contributed by atoms with Gasteiger partial charge in [0.2, 0.25) is 0 Å². The molecule has 0 aliphatic rings. The van der Waals surface area contributed by atoms with Crippen LogP contribution < -0.4 is 5.32 Å². The third kappa shape index (κ3) is 6.98. The standard InChI is InChI=1S/C30H35NO7/c1-29(2,3)38-28(35)31-24(25(32)26(33)27(34)36-4)20-37-30(21-14-8-5-9-15-21,22-16-10-6-11-17-22)23-18-12-7-13-19-23/h5-19,24-26,32-33H,20H2,1-4H3,(H,31,35)/t24-,25-,26+/m1/s1. The van der Waals surface area contributed by atoms with Gasteiger partial charge in [-0.25, -0.2) is 9.59 Å². The lowest BCUT2D eigenvalue weighted by atomic mass is 9.80. The van der Waals surface area contributed by atoms with Crippen LogP contribution in [0.5, 0.6) is 0 Å². The van der Waals surface area contributed by atoms with Crippen LogP contribution in [0.2, 0.25) is 0 Å². The maximum Gasteiger partial charge on any atom is 0.408 e. The molecule has 0 aliphatic carbocycles. The highest BCUT2D eigenvalue weighted by molar-refractivity contribution is 5.75. The van der Waals surface area contributed by atoms with E-state index in [1.54, 1.807) is 20.8 Å². The molecule has 1 amide bonds. The van der Waals surface area contributed by atoms with Crippen molar-refractivity contribution in [3.8, 4) is 0 Å². The zero-order chi connectivity index (χ0) is 27.8. The van der Waals surface area contributed by atoms with Gasteiger partial charge in [0.05, 0.1) is 19.8 Å². The lowest BCUT2D eigenvalue weighted by molar-refractivity contribution is -0.159. The van der Waals surface area contributed by atoms with E-state index in [1.807, 2.05) is 91.0 Å². The first-order valence-electron chi connectivity index (χ1n) is 12.3. The molecule has 38 heavy (non-hydrogen) atoms. The molecule has 3 N–H and O–H groups in total. The molecular weight excluding hydrogens is 486 g/mol. The van der Waals surface area contributed by atoms with Crippen molar-refractivity contribution in [2.75, 3.05) is 13.7 Å². The van der Waals surface area contributed by atoms with Gasteiger partial charge in [0.15, 0.2) is 6.10 Å². The smallest absolute Gasteiger partial charge is 0.408 e. The van der Waals surface area contributed by atoms with Gasteiger partial charge in [-0.3, -0.25) is 0 Å². The molecule has 0 saturated carbocycles. The van der Waals surface area contributed by atoms with Gasteiger partial charge in [0.1, 0.15) is 17.3 Å².